The summed E-state index contributed by atoms with van der Waals surface area (Å²) in [6.45, 7) is 0.175. The van der Waals surface area contributed by atoms with E-state index in [1.54, 1.807) is 0 Å². The maximum absolute atomic E-state index is 11.3. The highest BCUT2D eigenvalue weighted by atomic mass is 32.2. The van der Waals surface area contributed by atoms with Gasteiger partial charge >= 0.3 is 5.97 Å². The van der Waals surface area contributed by atoms with E-state index in [0.29, 0.717) is 12.8 Å². The first-order valence-electron chi connectivity index (χ1n) is 4.93. The third-order valence-electron chi connectivity index (χ3n) is 2.61. The Morgan fingerprint density at radius 1 is 1.50 bits per heavy atom. The fourth-order valence-corrected chi connectivity index (χ4v) is 2.52. The number of carbonyl (C=O) groups excluding carboxylic acids is 2. The van der Waals surface area contributed by atoms with Crippen molar-refractivity contribution in [1.82, 2.24) is 4.90 Å². The zero-order valence-corrected chi connectivity index (χ0v) is 9.24. The molecule has 2 heterocycles. The van der Waals surface area contributed by atoms with Crippen molar-refractivity contribution in [2.24, 2.45) is 0 Å². The molecule has 0 aliphatic carbocycles. The van der Waals surface area contributed by atoms with E-state index in [1.165, 1.54) is 0 Å². The van der Waals surface area contributed by atoms with Crippen LogP contribution in [-0.2, 0) is 14.3 Å². The highest BCUT2D eigenvalue weighted by molar-refractivity contribution is 8.14. The minimum Gasteiger partial charge on any atom is -0.479 e. The standard InChI is InChI=1S/C9H11NO5S/c11-7-4-16-9(14)10(7)3-5-1-2-6(15-5)8(12)13/h5-6H,1-4H2,(H,12,13). The van der Waals surface area contributed by atoms with Gasteiger partial charge < -0.3 is 9.84 Å². The number of hydrogen-bond acceptors (Lipinski definition) is 5. The van der Waals surface area contributed by atoms with Gasteiger partial charge in [-0.2, -0.15) is 0 Å². The van der Waals surface area contributed by atoms with Crippen LogP contribution in [0.25, 0.3) is 0 Å². The lowest BCUT2D eigenvalue weighted by Gasteiger charge is -2.17. The van der Waals surface area contributed by atoms with Crippen LogP contribution >= 0.6 is 11.8 Å². The smallest absolute Gasteiger partial charge is 0.332 e. The molecule has 2 rings (SSSR count). The molecule has 0 saturated carbocycles. The van der Waals surface area contributed by atoms with Gasteiger partial charge in [-0.3, -0.25) is 14.5 Å². The number of nitrogens with zero attached hydrogens (tertiary/aromatic N) is 1. The molecule has 0 aromatic heterocycles. The molecule has 2 amide bonds. The zero-order chi connectivity index (χ0) is 11.7. The summed E-state index contributed by atoms with van der Waals surface area (Å²) in [6.07, 6.45) is -0.139. The van der Waals surface area contributed by atoms with Crippen LogP contribution in [0.1, 0.15) is 12.8 Å². The minimum absolute atomic E-state index is 0.175. The van der Waals surface area contributed by atoms with Crippen molar-refractivity contribution in [2.45, 2.75) is 25.0 Å². The second-order valence-electron chi connectivity index (χ2n) is 3.72. The van der Waals surface area contributed by atoms with E-state index in [4.69, 9.17) is 9.84 Å². The summed E-state index contributed by atoms with van der Waals surface area (Å²) in [5, 5.41) is 8.45. The number of ether oxygens (including phenoxy) is 1. The van der Waals surface area contributed by atoms with Gasteiger partial charge in [0.1, 0.15) is 0 Å². The van der Waals surface area contributed by atoms with Gasteiger partial charge in [-0.15, -0.1) is 0 Å². The Morgan fingerprint density at radius 2 is 2.25 bits per heavy atom. The largest absolute Gasteiger partial charge is 0.479 e. The van der Waals surface area contributed by atoms with Gasteiger partial charge in [0.15, 0.2) is 6.10 Å². The molecule has 0 spiro atoms. The summed E-state index contributed by atoms with van der Waals surface area (Å²) < 4.78 is 5.23. The Labute approximate surface area is 95.9 Å². The van der Waals surface area contributed by atoms with Gasteiger partial charge in [0.05, 0.1) is 18.4 Å². The maximum atomic E-state index is 11.3. The first-order chi connectivity index (χ1) is 7.58. The highest BCUT2D eigenvalue weighted by Gasteiger charge is 2.36. The van der Waals surface area contributed by atoms with Gasteiger partial charge in [0, 0.05) is 0 Å². The van der Waals surface area contributed by atoms with Crippen molar-refractivity contribution >= 4 is 28.9 Å². The Kier molecular flexibility index (Phi) is 3.15. The molecule has 7 heteroatoms. The van der Waals surface area contributed by atoms with Crippen molar-refractivity contribution in [3.05, 3.63) is 0 Å². The number of amides is 2. The summed E-state index contributed by atoms with van der Waals surface area (Å²) in [5.74, 6) is -1.04. The molecule has 88 valence electrons. The fourth-order valence-electron chi connectivity index (χ4n) is 1.78. The third-order valence-corrected chi connectivity index (χ3v) is 3.47. The number of imide groups is 1. The van der Waals surface area contributed by atoms with Crippen LogP contribution in [0.2, 0.25) is 0 Å². The van der Waals surface area contributed by atoms with Gasteiger partial charge in [0.25, 0.3) is 5.24 Å². The highest BCUT2D eigenvalue weighted by Crippen LogP contribution is 2.24. The molecule has 2 fully saturated rings. The van der Waals surface area contributed by atoms with Crippen molar-refractivity contribution in [1.29, 1.82) is 0 Å². The Morgan fingerprint density at radius 3 is 2.75 bits per heavy atom. The lowest BCUT2D eigenvalue weighted by atomic mass is 10.2. The molecule has 1 N–H and O–H groups in total. The molecule has 16 heavy (non-hydrogen) atoms. The average molecular weight is 245 g/mol. The van der Waals surface area contributed by atoms with Crippen LogP contribution in [0, 0.1) is 0 Å². The molecular formula is C9H11NO5S. The number of carbonyl (C=O) groups is 3. The first-order valence-corrected chi connectivity index (χ1v) is 5.92. The van der Waals surface area contributed by atoms with E-state index in [9.17, 15) is 14.4 Å². The van der Waals surface area contributed by atoms with E-state index in [-0.39, 0.29) is 29.5 Å². The molecule has 2 atom stereocenters. The molecular weight excluding hydrogens is 234 g/mol. The summed E-state index contributed by atoms with van der Waals surface area (Å²) in [6, 6.07) is 0. The summed E-state index contributed by atoms with van der Waals surface area (Å²) in [4.78, 5) is 34.4. The molecule has 0 aromatic carbocycles. The molecule has 0 bridgehead atoms. The normalized spacial score (nSPS) is 30.1. The van der Waals surface area contributed by atoms with Crippen LogP contribution < -0.4 is 0 Å². The van der Waals surface area contributed by atoms with Crippen molar-refractivity contribution in [3.8, 4) is 0 Å². The van der Waals surface area contributed by atoms with Gasteiger partial charge in [-0.25, -0.2) is 4.79 Å². The van der Waals surface area contributed by atoms with Crippen LogP contribution in [0.15, 0.2) is 0 Å². The van der Waals surface area contributed by atoms with Crippen LogP contribution in [0.3, 0.4) is 0 Å². The molecule has 2 aliphatic heterocycles. The van der Waals surface area contributed by atoms with Crippen molar-refractivity contribution in [3.63, 3.8) is 0 Å². The SMILES string of the molecule is O=C(O)C1CCC(CN2C(=O)CSC2=O)O1. The maximum Gasteiger partial charge on any atom is 0.332 e. The predicted octanol–water partition coefficient (Wildman–Crippen LogP) is 0.314. The van der Waals surface area contributed by atoms with Gasteiger partial charge in [-0.05, 0) is 12.8 Å². The molecule has 6 nitrogen and oxygen atoms in total. The van der Waals surface area contributed by atoms with Crippen LogP contribution in [0.4, 0.5) is 4.79 Å². The van der Waals surface area contributed by atoms with E-state index in [2.05, 4.69) is 0 Å². The zero-order valence-electron chi connectivity index (χ0n) is 8.42. The van der Waals surface area contributed by atoms with E-state index < -0.39 is 12.1 Å². The fraction of sp³-hybridized carbons (Fsp3) is 0.667. The molecule has 2 saturated heterocycles. The topological polar surface area (TPSA) is 83.9 Å². The molecule has 0 aromatic rings. The first kappa shape index (κ1) is 11.4. The second kappa shape index (κ2) is 4.42. The lowest BCUT2D eigenvalue weighted by molar-refractivity contribution is -0.149. The minimum atomic E-state index is -0.990. The Balaban J connectivity index is 1.89. The van der Waals surface area contributed by atoms with Gasteiger partial charge in [-0.1, -0.05) is 11.8 Å². The van der Waals surface area contributed by atoms with E-state index in [0.717, 1.165) is 16.7 Å². The second-order valence-corrected chi connectivity index (χ2v) is 4.65. The summed E-state index contributed by atoms with van der Waals surface area (Å²) in [7, 11) is 0. The summed E-state index contributed by atoms with van der Waals surface area (Å²) in [5.41, 5.74) is 0. The molecule has 2 aliphatic rings. The number of aliphatic carboxylic acids is 1. The van der Waals surface area contributed by atoms with Crippen molar-refractivity contribution in [2.75, 3.05) is 12.3 Å². The van der Waals surface area contributed by atoms with E-state index >= 15 is 0 Å². The van der Waals surface area contributed by atoms with Gasteiger partial charge in [0.2, 0.25) is 5.91 Å². The van der Waals surface area contributed by atoms with E-state index in [1.807, 2.05) is 0 Å². The van der Waals surface area contributed by atoms with Crippen molar-refractivity contribution < 1.29 is 24.2 Å². The quantitative estimate of drug-likeness (QED) is 0.770. The van der Waals surface area contributed by atoms with Crippen LogP contribution in [0.5, 0.6) is 0 Å². The number of thioether (sulfide) groups is 1. The molecule has 2 unspecified atom stereocenters. The number of carboxylic acids is 1. The summed E-state index contributed by atoms with van der Waals surface area (Å²) >= 11 is 0.970. The monoisotopic (exact) mass is 245 g/mol. The number of hydrogen-bond donors (Lipinski definition) is 1. The molecule has 0 radical (unpaired) electrons. The number of rotatable bonds is 3. The number of carboxylic acid groups (broad SMARTS) is 1. The Bertz CT molecular complexity index is 329. The Hall–Kier alpha value is -1.08. The van der Waals surface area contributed by atoms with Crippen LogP contribution in [-0.4, -0.2) is 51.6 Å². The predicted molar refractivity (Wildman–Crippen MR) is 55.1 cm³/mol. The lowest BCUT2D eigenvalue weighted by Crippen LogP contribution is -2.36. The average Bonchev–Trinajstić information content (AvgIpc) is 2.80. The third kappa shape index (κ3) is 2.19.